The Morgan fingerprint density at radius 3 is 2.84 bits per heavy atom. The number of hydrogen-bond acceptors (Lipinski definition) is 7. The average molecular weight is 369 g/mol. The van der Waals surface area contributed by atoms with Crippen LogP contribution in [0.3, 0.4) is 0 Å². The smallest absolute Gasteiger partial charge is 0.339 e. The summed E-state index contributed by atoms with van der Waals surface area (Å²) in [5.41, 5.74) is 0.541. The number of halogens is 1. The minimum absolute atomic E-state index is 0.0831. The van der Waals surface area contributed by atoms with Crippen molar-refractivity contribution in [3.8, 4) is 0 Å². The second-order valence-electron chi connectivity index (χ2n) is 4.84. The third-order valence-corrected chi connectivity index (χ3v) is 3.40. The molecule has 0 fully saturated rings. The summed E-state index contributed by atoms with van der Waals surface area (Å²) >= 11 is 5.92. The molecule has 2 aromatic rings. The van der Waals surface area contributed by atoms with Crippen LogP contribution in [0, 0.1) is 0 Å². The number of hydrogen-bond donors (Lipinski definition) is 2. The normalized spacial score (nSPS) is 10.4. The minimum atomic E-state index is -0.593. The lowest BCUT2D eigenvalue weighted by Gasteiger charge is -2.08. The fraction of sp³-hybridized carbons (Fsp3) is 0.333. The number of aromatic nitrogens is 2. The molecule has 1 aromatic heterocycles. The van der Waals surface area contributed by atoms with Crippen LogP contribution in [0.25, 0.3) is 0 Å². The molecule has 9 nitrogen and oxygen atoms in total. The van der Waals surface area contributed by atoms with Gasteiger partial charge in [-0.3, -0.25) is 0 Å². The zero-order chi connectivity index (χ0) is 18.2. The van der Waals surface area contributed by atoms with Crippen LogP contribution in [0.4, 0.5) is 10.5 Å². The predicted molar refractivity (Wildman–Crippen MR) is 88.5 cm³/mol. The molecule has 2 N–H and O–H groups in total. The SMILES string of the molecule is COCCc1nc(CNC(=O)Nc2ccc(Cl)c(C(=O)OC)c2)no1. The first-order valence-electron chi connectivity index (χ1n) is 7.26. The maximum absolute atomic E-state index is 11.9. The molecule has 0 aliphatic rings. The van der Waals surface area contributed by atoms with Crippen molar-refractivity contribution in [2.45, 2.75) is 13.0 Å². The van der Waals surface area contributed by atoms with Gasteiger partial charge in [-0.1, -0.05) is 16.8 Å². The van der Waals surface area contributed by atoms with Crippen LogP contribution in [-0.2, 0) is 22.4 Å². The van der Waals surface area contributed by atoms with E-state index in [0.29, 0.717) is 30.4 Å². The predicted octanol–water partition coefficient (Wildman–Crippen LogP) is 2.02. The number of esters is 1. The molecule has 10 heteroatoms. The number of methoxy groups -OCH3 is 2. The van der Waals surface area contributed by atoms with E-state index in [0.717, 1.165) is 0 Å². The first-order chi connectivity index (χ1) is 12.0. The van der Waals surface area contributed by atoms with E-state index in [1.165, 1.54) is 19.2 Å². The zero-order valence-electron chi connectivity index (χ0n) is 13.7. The van der Waals surface area contributed by atoms with E-state index >= 15 is 0 Å². The van der Waals surface area contributed by atoms with Gasteiger partial charge in [0.15, 0.2) is 5.82 Å². The van der Waals surface area contributed by atoms with Crippen LogP contribution in [0.1, 0.15) is 22.1 Å². The van der Waals surface area contributed by atoms with Gasteiger partial charge in [-0.2, -0.15) is 4.98 Å². The zero-order valence-corrected chi connectivity index (χ0v) is 14.4. The van der Waals surface area contributed by atoms with Crippen LogP contribution in [0.2, 0.25) is 5.02 Å². The van der Waals surface area contributed by atoms with Gasteiger partial charge in [-0.05, 0) is 18.2 Å². The number of ether oxygens (including phenoxy) is 2. The average Bonchev–Trinajstić information content (AvgIpc) is 3.07. The van der Waals surface area contributed by atoms with E-state index in [9.17, 15) is 9.59 Å². The maximum atomic E-state index is 11.9. The van der Waals surface area contributed by atoms with E-state index in [1.54, 1.807) is 13.2 Å². The fourth-order valence-corrected chi connectivity index (χ4v) is 2.05. The highest BCUT2D eigenvalue weighted by Crippen LogP contribution is 2.21. The molecule has 134 valence electrons. The topological polar surface area (TPSA) is 116 Å². The molecular formula is C15H17ClN4O5. The van der Waals surface area contributed by atoms with Gasteiger partial charge in [0.25, 0.3) is 0 Å². The highest BCUT2D eigenvalue weighted by molar-refractivity contribution is 6.33. The second-order valence-corrected chi connectivity index (χ2v) is 5.25. The molecule has 0 saturated heterocycles. The maximum Gasteiger partial charge on any atom is 0.339 e. The van der Waals surface area contributed by atoms with Crippen molar-refractivity contribution in [3.63, 3.8) is 0 Å². The molecule has 1 heterocycles. The van der Waals surface area contributed by atoms with Crippen LogP contribution >= 0.6 is 11.6 Å². The number of benzene rings is 1. The summed E-state index contributed by atoms with van der Waals surface area (Å²) < 4.78 is 14.5. The van der Waals surface area contributed by atoms with Gasteiger partial charge in [0, 0.05) is 12.8 Å². The summed E-state index contributed by atoms with van der Waals surface area (Å²) in [5, 5.41) is 9.13. The molecule has 25 heavy (non-hydrogen) atoms. The van der Waals surface area contributed by atoms with E-state index in [2.05, 4.69) is 25.5 Å². The summed E-state index contributed by atoms with van der Waals surface area (Å²) in [6.07, 6.45) is 0.497. The Morgan fingerprint density at radius 1 is 1.32 bits per heavy atom. The van der Waals surface area contributed by atoms with Gasteiger partial charge in [0.2, 0.25) is 5.89 Å². The van der Waals surface area contributed by atoms with Crippen molar-refractivity contribution in [3.05, 3.63) is 40.5 Å². The molecule has 1 aromatic carbocycles. The number of urea groups is 1. The van der Waals surface area contributed by atoms with E-state index in [1.807, 2.05) is 0 Å². The summed E-state index contributed by atoms with van der Waals surface area (Å²) in [6, 6.07) is 3.97. The first kappa shape index (κ1) is 18.7. The molecular weight excluding hydrogens is 352 g/mol. The monoisotopic (exact) mass is 368 g/mol. The molecule has 0 atom stereocenters. The molecule has 0 aliphatic heterocycles. The van der Waals surface area contributed by atoms with E-state index in [4.69, 9.17) is 20.9 Å². The summed E-state index contributed by atoms with van der Waals surface area (Å²) in [5.74, 6) is 0.177. The Kier molecular flexibility index (Phi) is 6.72. The molecule has 0 aliphatic carbocycles. The van der Waals surface area contributed by atoms with E-state index < -0.39 is 12.0 Å². The summed E-state index contributed by atoms with van der Waals surface area (Å²) in [7, 11) is 2.82. The van der Waals surface area contributed by atoms with Gasteiger partial charge in [0.1, 0.15) is 0 Å². The third kappa shape index (κ3) is 5.44. The minimum Gasteiger partial charge on any atom is -0.465 e. The standard InChI is InChI=1S/C15H17ClN4O5/c1-23-6-5-13-19-12(20-25-13)8-17-15(22)18-9-3-4-11(16)10(7-9)14(21)24-2/h3-4,7H,5-6,8H2,1-2H3,(H2,17,18,22). The van der Waals surface area contributed by atoms with Crippen LogP contribution in [0.5, 0.6) is 0 Å². The molecule has 0 bridgehead atoms. The number of amides is 2. The van der Waals surface area contributed by atoms with Crippen molar-refractivity contribution in [2.75, 3.05) is 26.1 Å². The Bertz CT molecular complexity index is 749. The fourth-order valence-electron chi connectivity index (χ4n) is 1.86. The molecule has 0 saturated carbocycles. The lowest BCUT2D eigenvalue weighted by atomic mass is 10.2. The second kappa shape index (κ2) is 9.00. The highest BCUT2D eigenvalue weighted by atomic mass is 35.5. The van der Waals surface area contributed by atoms with Gasteiger partial charge in [0.05, 0.1) is 37.3 Å². The lowest BCUT2D eigenvalue weighted by Crippen LogP contribution is -2.28. The van der Waals surface area contributed by atoms with Gasteiger partial charge < -0.3 is 24.6 Å². The first-order valence-corrected chi connectivity index (χ1v) is 7.64. The van der Waals surface area contributed by atoms with Crippen LogP contribution < -0.4 is 10.6 Å². The van der Waals surface area contributed by atoms with Crippen molar-refractivity contribution < 1.29 is 23.6 Å². The Labute approximate surface area is 148 Å². The highest BCUT2D eigenvalue weighted by Gasteiger charge is 2.13. The number of carbonyl (C=O) groups excluding carboxylic acids is 2. The molecule has 0 radical (unpaired) electrons. The van der Waals surface area contributed by atoms with Crippen LogP contribution in [0.15, 0.2) is 22.7 Å². The summed E-state index contributed by atoms with van der Waals surface area (Å²) in [6.45, 7) is 0.550. The van der Waals surface area contributed by atoms with E-state index in [-0.39, 0.29) is 17.1 Å². The largest absolute Gasteiger partial charge is 0.465 e. The number of nitrogens with zero attached hydrogens (tertiary/aromatic N) is 2. The lowest BCUT2D eigenvalue weighted by molar-refractivity contribution is 0.0601. The summed E-state index contributed by atoms with van der Waals surface area (Å²) in [4.78, 5) is 27.6. The van der Waals surface area contributed by atoms with Gasteiger partial charge >= 0.3 is 12.0 Å². The Hall–Kier alpha value is -2.65. The Morgan fingerprint density at radius 2 is 2.12 bits per heavy atom. The number of carbonyl (C=O) groups is 2. The molecule has 0 unspecified atom stereocenters. The molecule has 0 spiro atoms. The van der Waals surface area contributed by atoms with Crippen molar-refractivity contribution in [1.29, 1.82) is 0 Å². The van der Waals surface area contributed by atoms with Crippen LogP contribution in [-0.4, -0.2) is 43.0 Å². The van der Waals surface area contributed by atoms with Crippen molar-refractivity contribution in [1.82, 2.24) is 15.5 Å². The number of nitrogens with one attached hydrogen (secondary N) is 2. The van der Waals surface area contributed by atoms with Gasteiger partial charge in [-0.15, -0.1) is 0 Å². The number of anilines is 1. The quantitative estimate of drug-likeness (QED) is 0.718. The molecule has 2 amide bonds. The molecule has 2 rings (SSSR count). The van der Waals surface area contributed by atoms with Crippen molar-refractivity contribution >= 4 is 29.3 Å². The third-order valence-electron chi connectivity index (χ3n) is 3.07. The number of rotatable bonds is 7. The van der Waals surface area contributed by atoms with Crippen molar-refractivity contribution in [2.24, 2.45) is 0 Å². The Balaban J connectivity index is 1.90. The van der Waals surface area contributed by atoms with Gasteiger partial charge in [-0.25, -0.2) is 9.59 Å².